The molecule has 1 fully saturated rings. The molecule has 1 amide bonds. The van der Waals surface area contributed by atoms with Crippen LogP contribution in [0.4, 0.5) is 8.78 Å². The third-order valence-corrected chi connectivity index (χ3v) is 10.2. The molecule has 1 aliphatic heterocycles. The number of alkyl halides is 3. The van der Waals surface area contributed by atoms with Gasteiger partial charge in [-0.05, 0) is 103 Å². The monoisotopic (exact) mass is 681 g/mol. The Hall–Kier alpha value is -0.990. The van der Waals surface area contributed by atoms with Crippen LogP contribution in [0.2, 0.25) is 0 Å². The number of carbonyl (C=O) groups is 1. The lowest BCUT2D eigenvalue weighted by Gasteiger charge is -2.42. The van der Waals surface area contributed by atoms with E-state index >= 15 is 0 Å². The number of piperidine rings is 1. The molecule has 1 aromatic carbocycles. The largest absolute Gasteiger partial charge is 0.338 e. The maximum Gasteiger partial charge on any atom is 0.316 e. The van der Waals surface area contributed by atoms with E-state index in [1.807, 2.05) is 30.0 Å². The number of amides is 1. The predicted molar refractivity (Wildman–Crippen MR) is 150 cm³/mol. The number of rotatable bonds is 9. The molecule has 2 nitrogen and oxygen atoms in total. The van der Waals surface area contributed by atoms with E-state index in [1.54, 1.807) is 18.2 Å². The predicted octanol–water partition coefficient (Wildman–Crippen LogP) is 7.31. The molecule has 2 unspecified atom stereocenters. The molecule has 1 aliphatic rings. The number of carbonyl (C=O) groups excluding carboxylic acids is 1. The molecule has 0 radical (unpaired) electrons. The SMILES string of the molecule is C#C/C=C\C(=C/C)CN1CCC(C(C)(Sc2cccc(C(F)(F)I=C)c2)C(=C)I)CC1=O. The number of allylic oxidation sites excluding steroid dienone is 2. The third-order valence-electron chi connectivity index (χ3n) is 5.64. The minimum absolute atomic E-state index is 0.0107. The second kappa shape index (κ2) is 11.9. The van der Waals surface area contributed by atoms with Gasteiger partial charge in [0.1, 0.15) is 0 Å². The van der Waals surface area contributed by atoms with Crippen molar-refractivity contribution in [3.8, 4) is 12.3 Å². The van der Waals surface area contributed by atoms with Crippen LogP contribution < -0.4 is 0 Å². The quantitative estimate of drug-likeness (QED) is 0.0897. The summed E-state index contributed by atoms with van der Waals surface area (Å²) in [5.41, 5.74) is 1.01. The Bertz CT molecular complexity index is 982. The van der Waals surface area contributed by atoms with Crippen molar-refractivity contribution in [2.45, 2.75) is 40.3 Å². The number of terminal acetylenes is 1. The van der Waals surface area contributed by atoms with Crippen LogP contribution >= 0.6 is 55.1 Å². The molecule has 1 aromatic rings. The molecule has 7 heteroatoms. The lowest BCUT2D eigenvalue weighted by molar-refractivity contribution is -0.134. The van der Waals surface area contributed by atoms with E-state index in [0.717, 1.165) is 20.5 Å². The van der Waals surface area contributed by atoms with Gasteiger partial charge < -0.3 is 4.90 Å². The Morgan fingerprint density at radius 1 is 1.50 bits per heavy atom. The normalized spacial score (nSPS) is 19.6. The van der Waals surface area contributed by atoms with Crippen LogP contribution in [0.15, 0.2) is 63.1 Å². The zero-order chi connectivity index (χ0) is 23.9. The number of thioether (sulfide) groups is 1. The first-order valence-electron chi connectivity index (χ1n) is 10.0. The van der Waals surface area contributed by atoms with Crippen LogP contribution in [0.5, 0.6) is 0 Å². The van der Waals surface area contributed by atoms with Crippen molar-refractivity contribution in [3.05, 3.63) is 63.8 Å². The highest BCUT2D eigenvalue weighted by atomic mass is 127. The van der Waals surface area contributed by atoms with E-state index in [2.05, 4.69) is 46.5 Å². The summed E-state index contributed by atoms with van der Waals surface area (Å²) >= 11 is 2.22. The Morgan fingerprint density at radius 2 is 2.22 bits per heavy atom. The summed E-state index contributed by atoms with van der Waals surface area (Å²) in [5.74, 6) is 2.61. The molecular formula is C25H27F2I2NOS. The van der Waals surface area contributed by atoms with Gasteiger partial charge in [0.25, 0.3) is 0 Å². The lowest BCUT2D eigenvalue weighted by Crippen LogP contribution is -2.45. The molecule has 0 saturated carbocycles. The summed E-state index contributed by atoms with van der Waals surface area (Å²) in [6, 6.07) is 6.52. The maximum atomic E-state index is 14.2. The van der Waals surface area contributed by atoms with Crippen LogP contribution in [0.3, 0.4) is 0 Å². The van der Waals surface area contributed by atoms with Crippen LogP contribution in [0, 0.1) is 18.3 Å². The van der Waals surface area contributed by atoms with Crippen molar-refractivity contribution in [3.63, 3.8) is 0 Å². The molecule has 0 aliphatic carbocycles. The molecule has 172 valence electrons. The van der Waals surface area contributed by atoms with Crippen LogP contribution in [-0.4, -0.2) is 33.2 Å². The fourth-order valence-corrected chi connectivity index (χ4v) is 6.40. The summed E-state index contributed by atoms with van der Waals surface area (Å²) in [5, 5.41) is 0. The summed E-state index contributed by atoms with van der Waals surface area (Å²) in [6.07, 6.45) is 11.9. The van der Waals surface area contributed by atoms with Crippen molar-refractivity contribution in [1.82, 2.24) is 4.90 Å². The van der Waals surface area contributed by atoms with E-state index in [1.165, 1.54) is 17.8 Å². The molecule has 1 heterocycles. The van der Waals surface area contributed by atoms with Crippen molar-refractivity contribution >= 4 is 65.5 Å². The fraction of sp³-hybridized carbons (Fsp3) is 0.360. The Morgan fingerprint density at radius 3 is 2.78 bits per heavy atom. The number of likely N-dealkylation sites (tertiary alicyclic amines) is 1. The molecular weight excluding hydrogens is 654 g/mol. The second-order valence-corrected chi connectivity index (χ2v) is 12.6. The molecule has 32 heavy (non-hydrogen) atoms. The van der Waals surface area contributed by atoms with Gasteiger partial charge in [0, 0.05) is 30.0 Å². The molecule has 0 aromatic heterocycles. The van der Waals surface area contributed by atoms with Crippen molar-refractivity contribution < 1.29 is 13.6 Å². The average Bonchev–Trinajstić information content (AvgIpc) is 2.77. The Kier molecular flexibility index (Phi) is 10.2. The first-order valence-corrected chi connectivity index (χ1v) is 14.5. The zero-order valence-electron chi connectivity index (χ0n) is 18.2. The maximum absolute atomic E-state index is 14.2. The number of benzene rings is 1. The van der Waals surface area contributed by atoms with Crippen molar-refractivity contribution in [2.75, 3.05) is 13.1 Å². The average molecular weight is 681 g/mol. The molecule has 0 bridgehead atoms. The van der Waals surface area contributed by atoms with Gasteiger partial charge in [-0.2, -0.15) is 8.78 Å². The Labute approximate surface area is 217 Å². The summed E-state index contributed by atoms with van der Waals surface area (Å²) < 4.78 is 29.5. The molecule has 0 spiro atoms. The molecule has 0 N–H and O–H groups in total. The van der Waals surface area contributed by atoms with Gasteiger partial charge in [-0.3, -0.25) is 4.79 Å². The van der Waals surface area contributed by atoms with Gasteiger partial charge >= 0.3 is 3.93 Å². The summed E-state index contributed by atoms with van der Waals surface area (Å²) in [7, 11) is 0. The van der Waals surface area contributed by atoms with Gasteiger partial charge in [-0.15, -0.1) is 18.2 Å². The smallest absolute Gasteiger partial charge is 0.316 e. The number of hydrogen-bond acceptors (Lipinski definition) is 2. The van der Waals surface area contributed by atoms with Gasteiger partial charge in [0.15, 0.2) is 0 Å². The first kappa shape index (κ1) is 27.3. The summed E-state index contributed by atoms with van der Waals surface area (Å²) in [6.45, 7) is 9.33. The van der Waals surface area contributed by atoms with Gasteiger partial charge in [-0.1, -0.05) is 35.2 Å². The lowest BCUT2D eigenvalue weighted by atomic mass is 9.84. The van der Waals surface area contributed by atoms with Gasteiger partial charge in [-0.25, -0.2) is 0 Å². The standard InChI is InChI=1S/C25H27F2I2NOS/c1-6-8-10-19(7-2)17-30-14-13-20(16-23(30)31)24(4,18(3)28)32-22-12-9-11-21(15-22)25(26,27)29-5/h1,7-12,15,20H,3,5,13-14,16-17H2,2,4H3/b10-8-,19-7+. The molecule has 1 saturated heterocycles. The van der Waals surface area contributed by atoms with Gasteiger partial charge in [0.05, 0.1) is 4.75 Å². The van der Waals surface area contributed by atoms with E-state index in [0.29, 0.717) is 19.5 Å². The van der Waals surface area contributed by atoms with Crippen molar-refractivity contribution in [2.24, 2.45) is 5.92 Å². The minimum Gasteiger partial charge on any atom is -0.338 e. The second-order valence-electron chi connectivity index (χ2n) is 7.64. The Balaban J connectivity index is 2.20. The first-order chi connectivity index (χ1) is 15.1. The summed E-state index contributed by atoms with van der Waals surface area (Å²) in [4.78, 5) is 15.6. The minimum atomic E-state index is -2.85. The van der Waals surface area contributed by atoms with E-state index in [9.17, 15) is 13.6 Å². The number of hydrogen-bond donors (Lipinski definition) is 0. The van der Waals surface area contributed by atoms with E-state index in [4.69, 9.17) is 6.42 Å². The highest BCUT2D eigenvalue weighted by Gasteiger charge is 2.42. The zero-order valence-corrected chi connectivity index (χ0v) is 23.3. The van der Waals surface area contributed by atoms with E-state index < -0.39 is 29.4 Å². The van der Waals surface area contributed by atoms with Gasteiger partial charge in [0.2, 0.25) is 5.91 Å². The number of halogens is 4. The van der Waals surface area contributed by atoms with Crippen LogP contribution in [0.25, 0.3) is 0 Å². The number of nitrogens with zero attached hydrogens (tertiary/aromatic N) is 1. The topological polar surface area (TPSA) is 20.3 Å². The highest BCUT2D eigenvalue weighted by molar-refractivity contribution is 14.2. The fourth-order valence-electron chi connectivity index (χ4n) is 3.55. The molecule has 2 atom stereocenters. The highest BCUT2D eigenvalue weighted by Crippen LogP contribution is 2.50. The van der Waals surface area contributed by atoms with Crippen LogP contribution in [-0.2, 0) is 8.72 Å². The third kappa shape index (κ3) is 6.76. The van der Waals surface area contributed by atoms with E-state index in [-0.39, 0.29) is 17.4 Å². The molecule has 2 rings (SSSR count). The van der Waals surface area contributed by atoms with Crippen molar-refractivity contribution in [1.29, 1.82) is 0 Å². The van der Waals surface area contributed by atoms with Crippen LogP contribution in [0.1, 0.15) is 32.3 Å².